The summed E-state index contributed by atoms with van der Waals surface area (Å²) in [6.07, 6.45) is -0.875. The van der Waals surface area contributed by atoms with Gasteiger partial charge < -0.3 is 14.8 Å². The van der Waals surface area contributed by atoms with Gasteiger partial charge in [-0.15, -0.1) is 12.4 Å². The van der Waals surface area contributed by atoms with E-state index >= 15 is 0 Å². The number of amides is 1. The zero-order valence-corrected chi connectivity index (χ0v) is 11.4. The summed E-state index contributed by atoms with van der Waals surface area (Å²) in [6, 6.07) is 2.76. The number of ether oxygens (including phenoxy) is 2. The molecule has 0 radical (unpaired) electrons. The Kier molecular flexibility index (Phi) is 4.81. The topological polar surface area (TPSA) is 47.6 Å². The Morgan fingerprint density at radius 3 is 2.84 bits per heavy atom. The van der Waals surface area contributed by atoms with Crippen molar-refractivity contribution in [2.75, 3.05) is 13.7 Å². The van der Waals surface area contributed by atoms with Crippen molar-refractivity contribution in [3.63, 3.8) is 0 Å². The largest absolute Gasteiger partial charge is 0.495 e. The standard InChI is InChI=1S/C11H10ClF2NO3.ClH/c1-17-8-4-6(2-3-7(8)12)9-11(13,14)5-18-10(16)15-9;/h2-4,9H,5H2,1H3,(H,15,16);1H/t9-;/m0./s1. The van der Waals surface area contributed by atoms with E-state index in [1.807, 2.05) is 0 Å². The summed E-state index contributed by atoms with van der Waals surface area (Å²) in [6.45, 7) is -0.950. The highest BCUT2D eigenvalue weighted by Crippen LogP contribution is 2.37. The van der Waals surface area contributed by atoms with Gasteiger partial charge in [-0.2, -0.15) is 0 Å². The fraction of sp³-hybridized carbons (Fsp3) is 0.364. The lowest BCUT2D eigenvalue weighted by Crippen LogP contribution is -2.49. The maximum atomic E-state index is 13.7. The highest BCUT2D eigenvalue weighted by molar-refractivity contribution is 6.32. The Labute approximate surface area is 119 Å². The first kappa shape index (κ1) is 15.8. The van der Waals surface area contributed by atoms with E-state index in [1.165, 1.54) is 25.3 Å². The minimum Gasteiger partial charge on any atom is -0.495 e. The number of methoxy groups -OCH3 is 1. The lowest BCUT2D eigenvalue weighted by molar-refractivity contribution is -0.104. The summed E-state index contributed by atoms with van der Waals surface area (Å²) in [5, 5.41) is 2.39. The smallest absolute Gasteiger partial charge is 0.408 e. The van der Waals surface area contributed by atoms with E-state index in [9.17, 15) is 13.6 Å². The fourth-order valence-electron chi connectivity index (χ4n) is 1.69. The molecule has 0 spiro atoms. The van der Waals surface area contributed by atoms with Gasteiger partial charge in [0, 0.05) is 0 Å². The molecule has 1 aliphatic heterocycles. The molecule has 1 heterocycles. The molecule has 0 unspecified atom stereocenters. The van der Waals surface area contributed by atoms with Crippen molar-refractivity contribution < 1.29 is 23.0 Å². The molecule has 0 aromatic heterocycles. The van der Waals surface area contributed by atoms with Crippen LogP contribution in [-0.2, 0) is 4.74 Å². The van der Waals surface area contributed by atoms with Crippen molar-refractivity contribution in [3.05, 3.63) is 28.8 Å². The minimum absolute atomic E-state index is 0. The van der Waals surface area contributed by atoms with Gasteiger partial charge in [0.15, 0.2) is 6.61 Å². The average Bonchev–Trinajstić information content (AvgIpc) is 2.33. The summed E-state index contributed by atoms with van der Waals surface area (Å²) in [5.41, 5.74) is 0.206. The number of cyclic esters (lactones) is 1. The van der Waals surface area contributed by atoms with E-state index in [1.54, 1.807) is 0 Å². The molecule has 8 heteroatoms. The Hall–Kier alpha value is -1.27. The van der Waals surface area contributed by atoms with Crippen molar-refractivity contribution in [2.24, 2.45) is 0 Å². The van der Waals surface area contributed by atoms with Crippen LogP contribution in [0.25, 0.3) is 0 Å². The molecule has 1 atom stereocenters. The van der Waals surface area contributed by atoms with Crippen molar-refractivity contribution in [3.8, 4) is 5.75 Å². The van der Waals surface area contributed by atoms with Crippen LogP contribution in [0, 0.1) is 0 Å². The van der Waals surface area contributed by atoms with Crippen LogP contribution in [0.3, 0.4) is 0 Å². The molecule has 1 amide bonds. The summed E-state index contributed by atoms with van der Waals surface area (Å²) >= 11 is 5.81. The number of halogens is 4. The van der Waals surface area contributed by atoms with E-state index in [2.05, 4.69) is 10.1 Å². The van der Waals surface area contributed by atoms with E-state index in [4.69, 9.17) is 16.3 Å². The van der Waals surface area contributed by atoms with Gasteiger partial charge in [-0.05, 0) is 17.7 Å². The van der Waals surface area contributed by atoms with Gasteiger partial charge in [-0.25, -0.2) is 13.6 Å². The number of hydrogen-bond acceptors (Lipinski definition) is 3. The lowest BCUT2D eigenvalue weighted by Gasteiger charge is -2.32. The number of nitrogens with one attached hydrogen (secondary N) is 1. The SMILES string of the molecule is COc1cc([C@@H]2NC(=O)OCC2(F)F)ccc1Cl.Cl. The van der Waals surface area contributed by atoms with Gasteiger partial charge in [-0.3, -0.25) is 0 Å². The molecule has 2 rings (SSSR count). The van der Waals surface area contributed by atoms with Gasteiger partial charge in [-0.1, -0.05) is 17.7 Å². The molecule has 0 bridgehead atoms. The van der Waals surface area contributed by atoms with E-state index < -0.39 is 24.7 Å². The van der Waals surface area contributed by atoms with Crippen molar-refractivity contribution in [1.29, 1.82) is 0 Å². The van der Waals surface area contributed by atoms with Crippen molar-refractivity contribution in [2.45, 2.75) is 12.0 Å². The number of rotatable bonds is 2. The second-order valence-electron chi connectivity index (χ2n) is 3.81. The third kappa shape index (κ3) is 3.19. The fourth-order valence-corrected chi connectivity index (χ4v) is 1.89. The highest BCUT2D eigenvalue weighted by Gasteiger charge is 2.46. The Balaban J connectivity index is 0.00000180. The van der Waals surface area contributed by atoms with Crippen LogP contribution >= 0.6 is 24.0 Å². The molecule has 19 heavy (non-hydrogen) atoms. The molecule has 0 aliphatic carbocycles. The van der Waals surface area contributed by atoms with Gasteiger partial charge in [0.05, 0.1) is 12.1 Å². The first-order valence-electron chi connectivity index (χ1n) is 5.08. The maximum Gasteiger partial charge on any atom is 0.408 e. The lowest BCUT2D eigenvalue weighted by atomic mass is 10.00. The molecule has 1 aromatic rings. The number of hydrogen-bond donors (Lipinski definition) is 1. The van der Waals surface area contributed by atoms with Gasteiger partial charge in [0.2, 0.25) is 0 Å². The van der Waals surface area contributed by atoms with Crippen LogP contribution in [0.4, 0.5) is 13.6 Å². The maximum absolute atomic E-state index is 13.7. The van der Waals surface area contributed by atoms with Crippen molar-refractivity contribution >= 4 is 30.1 Å². The van der Waals surface area contributed by atoms with Crippen LogP contribution in [0.15, 0.2) is 18.2 Å². The van der Waals surface area contributed by atoms with E-state index in [-0.39, 0.29) is 23.7 Å². The highest BCUT2D eigenvalue weighted by atomic mass is 35.5. The quantitative estimate of drug-likeness (QED) is 0.912. The predicted molar refractivity (Wildman–Crippen MR) is 67.4 cm³/mol. The molecular formula is C11H11Cl2F2NO3. The molecule has 1 fully saturated rings. The van der Waals surface area contributed by atoms with Crippen LogP contribution in [0.1, 0.15) is 11.6 Å². The molecular weight excluding hydrogens is 303 g/mol. The second-order valence-corrected chi connectivity index (χ2v) is 4.22. The first-order chi connectivity index (χ1) is 8.44. The summed E-state index contributed by atoms with van der Waals surface area (Å²) < 4.78 is 36.5. The molecule has 1 N–H and O–H groups in total. The third-order valence-corrected chi connectivity index (χ3v) is 2.90. The van der Waals surface area contributed by atoms with Gasteiger partial charge in [0.25, 0.3) is 0 Å². The van der Waals surface area contributed by atoms with E-state index in [0.29, 0.717) is 5.02 Å². The number of carbonyl (C=O) groups is 1. The number of benzene rings is 1. The summed E-state index contributed by atoms with van der Waals surface area (Å²) in [5.74, 6) is -2.92. The number of alkyl halides is 2. The molecule has 106 valence electrons. The molecule has 1 saturated heterocycles. The normalized spacial score (nSPS) is 20.8. The Bertz CT molecular complexity index is 485. The van der Waals surface area contributed by atoms with Crippen molar-refractivity contribution in [1.82, 2.24) is 5.32 Å². The number of alkyl carbamates (subject to hydrolysis) is 1. The molecule has 1 aliphatic rings. The van der Waals surface area contributed by atoms with Crippen LogP contribution in [0.2, 0.25) is 5.02 Å². The van der Waals surface area contributed by atoms with Gasteiger partial charge >= 0.3 is 12.0 Å². The van der Waals surface area contributed by atoms with E-state index in [0.717, 1.165) is 0 Å². The monoisotopic (exact) mass is 313 g/mol. The van der Waals surface area contributed by atoms with Crippen LogP contribution < -0.4 is 10.1 Å². The molecule has 0 saturated carbocycles. The average molecular weight is 314 g/mol. The summed E-state index contributed by atoms with van der Waals surface area (Å²) in [7, 11) is 1.38. The van der Waals surface area contributed by atoms with Gasteiger partial charge in [0.1, 0.15) is 11.8 Å². The van der Waals surface area contributed by atoms with Crippen LogP contribution in [-0.4, -0.2) is 25.7 Å². The zero-order chi connectivity index (χ0) is 13.3. The predicted octanol–water partition coefficient (Wildman–Crippen LogP) is 3.19. The zero-order valence-electron chi connectivity index (χ0n) is 9.78. The number of carbonyl (C=O) groups excluding carboxylic acids is 1. The van der Waals surface area contributed by atoms with Crippen LogP contribution in [0.5, 0.6) is 5.75 Å². The first-order valence-corrected chi connectivity index (χ1v) is 5.46. The second kappa shape index (κ2) is 5.79. The minimum atomic E-state index is -3.19. The Morgan fingerprint density at radius 1 is 1.53 bits per heavy atom. The summed E-state index contributed by atoms with van der Waals surface area (Å²) in [4.78, 5) is 11.0. The molecule has 1 aromatic carbocycles. The molecule has 4 nitrogen and oxygen atoms in total. The Morgan fingerprint density at radius 2 is 2.21 bits per heavy atom. The third-order valence-electron chi connectivity index (χ3n) is 2.59.